The summed E-state index contributed by atoms with van der Waals surface area (Å²) in [6.07, 6.45) is 6.22. The maximum atomic E-state index is 12.4. The van der Waals surface area contributed by atoms with E-state index in [9.17, 15) is 19.2 Å². The first-order chi connectivity index (χ1) is 14.5. The number of amides is 3. The molecule has 1 aromatic carbocycles. The lowest BCUT2D eigenvalue weighted by atomic mass is 9.81. The average molecular weight is 412 g/mol. The Bertz CT molecular complexity index is 828. The van der Waals surface area contributed by atoms with Gasteiger partial charge in [-0.2, -0.15) is 0 Å². The third-order valence-corrected chi connectivity index (χ3v) is 6.54. The molecule has 0 bridgehead atoms. The Morgan fingerprint density at radius 3 is 2.43 bits per heavy atom. The van der Waals surface area contributed by atoms with Crippen LogP contribution in [0.3, 0.4) is 0 Å². The average Bonchev–Trinajstić information content (AvgIpc) is 3.01. The highest BCUT2D eigenvalue weighted by atomic mass is 16.5. The summed E-state index contributed by atoms with van der Waals surface area (Å²) in [6, 6.07) is 7.98. The van der Waals surface area contributed by atoms with Gasteiger partial charge in [0, 0.05) is 6.54 Å². The van der Waals surface area contributed by atoms with E-state index in [4.69, 9.17) is 4.74 Å². The van der Waals surface area contributed by atoms with Crippen molar-refractivity contribution in [1.29, 1.82) is 0 Å². The maximum Gasteiger partial charge on any atom is 0.308 e. The van der Waals surface area contributed by atoms with Crippen LogP contribution >= 0.6 is 0 Å². The van der Waals surface area contributed by atoms with E-state index >= 15 is 0 Å². The normalized spacial score (nSPS) is 25.5. The molecule has 1 aromatic rings. The highest BCUT2D eigenvalue weighted by Gasteiger charge is 2.47. The second kappa shape index (κ2) is 8.98. The molecule has 4 rings (SSSR count). The molecule has 1 saturated carbocycles. The van der Waals surface area contributed by atoms with Crippen molar-refractivity contribution >= 4 is 23.7 Å². The highest BCUT2D eigenvalue weighted by Crippen LogP contribution is 2.38. The molecular formula is C23H28N2O5. The number of aryl methyl sites for hydroxylation is 1. The van der Waals surface area contributed by atoms with Crippen LogP contribution in [0.1, 0.15) is 62.1 Å². The van der Waals surface area contributed by atoms with Crippen LogP contribution in [0.4, 0.5) is 0 Å². The fourth-order valence-corrected chi connectivity index (χ4v) is 5.01. The zero-order valence-corrected chi connectivity index (χ0v) is 17.1. The van der Waals surface area contributed by atoms with Crippen molar-refractivity contribution in [3.63, 3.8) is 0 Å². The van der Waals surface area contributed by atoms with Crippen molar-refractivity contribution in [3.05, 3.63) is 35.4 Å². The SMILES string of the molecule is O=C(COC(=O)CCN1C(=O)C2CCCCC2C1=O)NC1CCCc2ccccc21. The molecule has 3 atom stereocenters. The van der Waals surface area contributed by atoms with Gasteiger partial charge in [0.25, 0.3) is 5.91 Å². The van der Waals surface area contributed by atoms with Crippen LogP contribution in [0.25, 0.3) is 0 Å². The molecule has 0 radical (unpaired) electrons. The number of ether oxygens (including phenoxy) is 1. The molecule has 1 aliphatic heterocycles. The fourth-order valence-electron chi connectivity index (χ4n) is 5.01. The molecule has 160 valence electrons. The summed E-state index contributed by atoms with van der Waals surface area (Å²) in [5.74, 6) is -1.68. The van der Waals surface area contributed by atoms with E-state index in [0.717, 1.165) is 50.5 Å². The molecule has 3 aliphatic rings. The van der Waals surface area contributed by atoms with Crippen LogP contribution in [0.5, 0.6) is 0 Å². The van der Waals surface area contributed by atoms with Gasteiger partial charge in [-0.05, 0) is 43.2 Å². The van der Waals surface area contributed by atoms with Gasteiger partial charge in [0.2, 0.25) is 11.8 Å². The third-order valence-electron chi connectivity index (χ3n) is 6.54. The second-order valence-corrected chi connectivity index (χ2v) is 8.45. The van der Waals surface area contributed by atoms with Crippen LogP contribution in [-0.4, -0.2) is 41.7 Å². The Kier molecular flexibility index (Phi) is 6.16. The minimum atomic E-state index is -0.579. The maximum absolute atomic E-state index is 12.4. The van der Waals surface area contributed by atoms with E-state index in [1.54, 1.807) is 0 Å². The van der Waals surface area contributed by atoms with Gasteiger partial charge in [-0.15, -0.1) is 0 Å². The van der Waals surface area contributed by atoms with Crippen molar-refractivity contribution in [3.8, 4) is 0 Å². The Morgan fingerprint density at radius 1 is 1.00 bits per heavy atom. The minimum Gasteiger partial charge on any atom is -0.456 e. The Hall–Kier alpha value is -2.70. The van der Waals surface area contributed by atoms with Crippen molar-refractivity contribution < 1.29 is 23.9 Å². The summed E-state index contributed by atoms with van der Waals surface area (Å²) >= 11 is 0. The number of esters is 1. The molecule has 1 heterocycles. The Labute approximate surface area is 176 Å². The zero-order chi connectivity index (χ0) is 21.1. The van der Waals surface area contributed by atoms with E-state index < -0.39 is 5.97 Å². The summed E-state index contributed by atoms with van der Waals surface area (Å²) in [5, 5.41) is 2.94. The van der Waals surface area contributed by atoms with Gasteiger partial charge in [0.1, 0.15) is 0 Å². The smallest absolute Gasteiger partial charge is 0.308 e. The number of fused-ring (bicyclic) bond motifs is 2. The molecule has 3 unspecified atom stereocenters. The molecule has 1 N–H and O–H groups in total. The quantitative estimate of drug-likeness (QED) is 0.572. The summed E-state index contributed by atoms with van der Waals surface area (Å²) in [4.78, 5) is 50.4. The number of carbonyl (C=O) groups is 4. The second-order valence-electron chi connectivity index (χ2n) is 8.45. The number of hydrogen-bond donors (Lipinski definition) is 1. The Morgan fingerprint density at radius 2 is 1.70 bits per heavy atom. The number of nitrogens with one attached hydrogen (secondary N) is 1. The molecule has 30 heavy (non-hydrogen) atoms. The number of imide groups is 1. The van der Waals surface area contributed by atoms with Crippen LogP contribution in [0.15, 0.2) is 24.3 Å². The predicted octanol–water partition coefficient (Wildman–Crippen LogP) is 2.29. The lowest BCUT2D eigenvalue weighted by molar-refractivity contribution is -0.150. The largest absolute Gasteiger partial charge is 0.456 e. The van der Waals surface area contributed by atoms with Crippen molar-refractivity contribution in [2.45, 2.75) is 57.4 Å². The van der Waals surface area contributed by atoms with Gasteiger partial charge in [-0.3, -0.25) is 24.1 Å². The standard InChI is InChI=1S/C23H28N2O5/c26-20(24-19-11-5-7-15-6-1-2-8-16(15)19)14-30-21(27)12-13-25-22(28)17-9-3-4-10-18(17)23(25)29/h1-2,6,8,17-19H,3-5,7,9-14H2,(H,24,26). The topological polar surface area (TPSA) is 92.8 Å². The van der Waals surface area contributed by atoms with Gasteiger partial charge < -0.3 is 10.1 Å². The molecule has 2 aliphatic carbocycles. The molecule has 1 saturated heterocycles. The lowest BCUT2D eigenvalue weighted by Gasteiger charge is -2.26. The third kappa shape index (κ3) is 4.25. The number of rotatable bonds is 6. The number of benzene rings is 1. The van der Waals surface area contributed by atoms with E-state index in [2.05, 4.69) is 11.4 Å². The van der Waals surface area contributed by atoms with E-state index in [-0.39, 0.29) is 55.2 Å². The number of carbonyl (C=O) groups excluding carboxylic acids is 4. The first kappa shape index (κ1) is 20.6. The van der Waals surface area contributed by atoms with Crippen LogP contribution in [-0.2, 0) is 30.3 Å². The van der Waals surface area contributed by atoms with Crippen molar-refractivity contribution in [1.82, 2.24) is 10.2 Å². The van der Waals surface area contributed by atoms with Gasteiger partial charge in [-0.1, -0.05) is 37.1 Å². The molecule has 3 amide bonds. The van der Waals surface area contributed by atoms with Gasteiger partial charge >= 0.3 is 5.97 Å². The first-order valence-corrected chi connectivity index (χ1v) is 10.9. The van der Waals surface area contributed by atoms with E-state index in [1.807, 2.05) is 18.2 Å². The van der Waals surface area contributed by atoms with Gasteiger partial charge in [0.15, 0.2) is 6.61 Å². The van der Waals surface area contributed by atoms with Crippen LogP contribution in [0.2, 0.25) is 0 Å². The molecular weight excluding hydrogens is 384 g/mol. The van der Waals surface area contributed by atoms with E-state index in [0.29, 0.717) is 0 Å². The monoisotopic (exact) mass is 412 g/mol. The predicted molar refractivity (Wildman–Crippen MR) is 108 cm³/mol. The van der Waals surface area contributed by atoms with Crippen LogP contribution in [0, 0.1) is 11.8 Å². The fraction of sp³-hybridized carbons (Fsp3) is 0.565. The minimum absolute atomic E-state index is 0.0289. The number of nitrogens with zero attached hydrogens (tertiary/aromatic N) is 1. The summed E-state index contributed by atoms with van der Waals surface area (Å²) in [5.41, 5.74) is 2.36. The molecule has 2 fully saturated rings. The Balaban J connectivity index is 1.22. The van der Waals surface area contributed by atoms with E-state index in [1.165, 1.54) is 10.5 Å². The van der Waals surface area contributed by atoms with Gasteiger partial charge in [-0.25, -0.2) is 0 Å². The van der Waals surface area contributed by atoms with Crippen LogP contribution < -0.4 is 5.32 Å². The highest BCUT2D eigenvalue weighted by molar-refractivity contribution is 6.05. The number of hydrogen-bond acceptors (Lipinski definition) is 5. The molecule has 7 heteroatoms. The van der Waals surface area contributed by atoms with Gasteiger partial charge in [0.05, 0.1) is 24.3 Å². The zero-order valence-electron chi connectivity index (χ0n) is 17.1. The van der Waals surface area contributed by atoms with Crippen molar-refractivity contribution in [2.75, 3.05) is 13.2 Å². The first-order valence-electron chi connectivity index (χ1n) is 10.9. The lowest BCUT2D eigenvalue weighted by Crippen LogP contribution is -2.35. The summed E-state index contributed by atoms with van der Waals surface area (Å²) in [7, 11) is 0. The molecule has 7 nitrogen and oxygen atoms in total. The van der Waals surface area contributed by atoms with Crippen molar-refractivity contribution in [2.24, 2.45) is 11.8 Å². The summed E-state index contributed by atoms with van der Waals surface area (Å²) < 4.78 is 5.08. The summed E-state index contributed by atoms with van der Waals surface area (Å²) in [6.45, 7) is -0.328. The molecule has 0 aromatic heterocycles. The molecule has 0 spiro atoms. The number of likely N-dealkylation sites (tertiary alicyclic amines) is 1.